The largest absolute Gasteiger partial charge is 0.359 e. The molecule has 2 aliphatic carbocycles. The predicted molar refractivity (Wildman–Crippen MR) is 75.0 cm³/mol. The van der Waals surface area contributed by atoms with E-state index in [-0.39, 0.29) is 5.82 Å². The quantitative estimate of drug-likeness (QED) is 0.801. The van der Waals surface area contributed by atoms with Gasteiger partial charge in [0.25, 0.3) is 0 Å². The Kier molecular flexibility index (Phi) is 3.20. The van der Waals surface area contributed by atoms with Gasteiger partial charge in [0.15, 0.2) is 5.11 Å². The van der Waals surface area contributed by atoms with Crippen LogP contribution >= 0.6 is 12.2 Å². The molecule has 2 fully saturated rings. The first-order valence-electron chi connectivity index (χ1n) is 6.57. The first-order chi connectivity index (χ1) is 8.74. The number of fused-ring (bicyclic) bond motifs is 1. The number of hydrogen-bond acceptors (Lipinski definition) is 1. The van der Waals surface area contributed by atoms with Crippen molar-refractivity contribution in [2.75, 3.05) is 5.32 Å². The zero-order valence-corrected chi connectivity index (χ0v) is 11.0. The van der Waals surface area contributed by atoms with Crippen LogP contribution in [0.3, 0.4) is 0 Å². The second kappa shape index (κ2) is 4.84. The number of halogens is 1. The van der Waals surface area contributed by atoms with Gasteiger partial charge < -0.3 is 10.6 Å². The summed E-state index contributed by atoms with van der Waals surface area (Å²) in [7, 11) is 0. The molecule has 0 heterocycles. The van der Waals surface area contributed by atoms with Gasteiger partial charge in [-0.3, -0.25) is 0 Å². The first kappa shape index (κ1) is 11.9. The summed E-state index contributed by atoms with van der Waals surface area (Å²) in [6, 6.07) is 6.82. The average molecular weight is 264 g/mol. The van der Waals surface area contributed by atoms with Crippen LogP contribution in [0.5, 0.6) is 0 Å². The number of hydrogen-bond donors (Lipinski definition) is 2. The molecule has 4 heteroatoms. The van der Waals surface area contributed by atoms with E-state index in [0.29, 0.717) is 11.2 Å². The van der Waals surface area contributed by atoms with Crippen molar-refractivity contribution in [2.45, 2.75) is 31.7 Å². The van der Waals surface area contributed by atoms with Crippen molar-refractivity contribution in [1.82, 2.24) is 5.32 Å². The van der Waals surface area contributed by atoms with Crippen molar-refractivity contribution in [3.05, 3.63) is 30.1 Å². The van der Waals surface area contributed by atoms with Crippen molar-refractivity contribution in [2.24, 2.45) is 11.8 Å². The molecule has 0 bridgehead atoms. The van der Waals surface area contributed by atoms with Gasteiger partial charge in [-0.25, -0.2) is 4.39 Å². The summed E-state index contributed by atoms with van der Waals surface area (Å²) in [6.07, 6.45) is 5.39. The summed E-state index contributed by atoms with van der Waals surface area (Å²) in [6.45, 7) is 0. The van der Waals surface area contributed by atoms with Crippen LogP contribution in [0, 0.1) is 17.7 Å². The first-order valence-corrected chi connectivity index (χ1v) is 6.98. The molecule has 2 saturated carbocycles. The fourth-order valence-corrected chi connectivity index (χ4v) is 3.31. The van der Waals surface area contributed by atoms with Gasteiger partial charge in [-0.05, 0) is 61.2 Å². The third kappa shape index (κ3) is 2.48. The number of thiocarbonyl (C=S) groups is 1. The Labute approximate surface area is 112 Å². The second-order valence-corrected chi connectivity index (χ2v) is 5.65. The van der Waals surface area contributed by atoms with Gasteiger partial charge in [-0.15, -0.1) is 0 Å². The Balaban J connectivity index is 1.52. The van der Waals surface area contributed by atoms with Gasteiger partial charge in [0.2, 0.25) is 0 Å². The molecule has 3 rings (SSSR count). The van der Waals surface area contributed by atoms with Crippen LogP contribution in [0.4, 0.5) is 10.1 Å². The number of rotatable bonds is 2. The molecule has 18 heavy (non-hydrogen) atoms. The van der Waals surface area contributed by atoms with E-state index in [1.54, 1.807) is 12.1 Å². The molecule has 2 nitrogen and oxygen atoms in total. The zero-order chi connectivity index (χ0) is 12.5. The smallest absolute Gasteiger partial charge is 0.171 e. The topological polar surface area (TPSA) is 24.1 Å². The molecule has 0 amide bonds. The van der Waals surface area contributed by atoms with Gasteiger partial charge in [-0.1, -0.05) is 12.8 Å². The Hall–Kier alpha value is -1.16. The van der Waals surface area contributed by atoms with Crippen molar-refractivity contribution >= 4 is 23.0 Å². The molecular formula is C14H17FN2S. The number of anilines is 1. The monoisotopic (exact) mass is 264 g/mol. The van der Waals surface area contributed by atoms with Crippen molar-refractivity contribution in [3.8, 4) is 0 Å². The SMILES string of the molecule is Fc1ccc(NC(=S)NC2[C@H]3CCCC[C@@H]23)cc1. The minimum absolute atomic E-state index is 0.229. The van der Waals surface area contributed by atoms with Crippen molar-refractivity contribution < 1.29 is 4.39 Å². The molecule has 0 radical (unpaired) electrons. The summed E-state index contributed by atoms with van der Waals surface area (Å²) in [5.41, 5.74) is 0.831. The average Bonchev–Trinajstić information content (AvgIpc) is 3.06. The van der Waals surface area contributed by atoms with Crippen LogP contribution in [-0.4, -0.2) is 11.2 Å². The highest BCUT2D eigenvalue weighted by atomic mass is 32.1. The lowest BCUT2D eigenvalue weighted by Crippen LogP contribution is -2.31. The number of nitrogens with one attached hydrogen (secondary N) is 2. The van der Waals surface area contributed by atoms with Gasteiger partial charge in [-0.2, -0.15) is 0 Å². The van der Waals surface area contributed by atoms with E-state index in [9.17, 15) is 4.39 Å². The molecule has 1 unspecified atom stereocenters. The van der Waals surface area contributed by atoms with Gasteiger partial charge >= 0.3 is 0 Å². The lowest BCUT2D eigenvalue weighted by Gasteiger charge is -2.10. The highest BCUT2D eigenvalue weighted by Crippen LogP contribution is 2.49. The zero-order valence-electron chi connectivity index (χ0n) is 10.2. The van der Waals surface area contributed by atoms with E-state index < -0.39 is 0 Å². The van der Waals surface area contributed by atoms with E-state index in [1.165, 1.54) is 37.8 Å². The lowest BCUT2D eigenvalue weighted by atomic mass is 10.0. The Bertz CT molecular complexity index is 434. The van der Waals surface area contributed by atoms with E-state index in [2.05, 4.69) is 10.6 Å². The van der Waals surface area contributed by atoms with Crippen LogP contribution < -0.4 is 10.6 Å². The van der Waals surface area contributed by atoms with Crippen molar-refractivity contribution in [1.29, 1.82) is 0 Å². The van der Waals surface area contributed by atoms with Crippen LogP contribution in [-0.2, 0) is 0 Å². The second-order valence-electron chi connectivity index (χ2n) is 5.24. The summed E-state index contributed by atoms with van der Waals surface area (Å²) >= 11 is 5.29. The van der Waals surface area contributed by atoms with E-state index in [4.69, 9.17) is 12.2 Å². The fraction of sp³-hybridized carbons (Fsp3) is 0.500. The van der Waals surface area contributed by atoms with E-state index in [0.717, 1.165) is 17.5 Å². The summed E-state index contributed by atoms with van der Waals surface area (Å²) < 4.78 is 12.8. The fourth-order valence-electron chi connectivity index (χ4n) is 3.06. The highest BCUT2D eigenvalue weighted by molar-refractivity contribution is 7.80. The molecule has 0 spiro atoms. The normalized spacial score (nSPS) is 29.3. The Morgan fingerprint density at radius 1 is 1.11 bits per heavy atom. The molecule has 96 valence electrons. The Morgan fingerprint density at radius 3 is 2.33 bits per heavy atom. The highest BCUT2D eigenvalue weighted by Gasteiger charge is 2.50. The minimum Gasteiger partial charge on any atom is -0.359 e. The van der Waals surface area contributed by atoms with Crippen LogP contribution in [0.1, 0.15) is 25.7 Å². The molecule has 0 aliphatic heterocycles. The van der Waals surface area contributed by atoms with Crippen molar-refractivity contribution in [3.63, 3.8) is 0 Å². The molecule has 2 aliphatic rings. The maximum Gasteiger partial charge on any atom is 0.171 e. The molecule has 1 aromatic rings. The Morgan fingerprint density at radius 2 is 1.72 bits per heavy atom. The van der Waals surface area contributed by atoms with Crippen LogP contribution in [0.25, 0.3) is 0 Å². The summed E-state index contributed by atoms with van der Waals surface area (Å²) in [5, 5.41) is 7.14. The molecule has 2 N–H and O–H groups in total. The maximum absolute atomic E-state index is 12.8. The predicted octanol–water partition coefficient (Wildman–Crippen LogP) is 3.30. The molecule has 0 saturated heterocycles. The number of benzene rings is 1. The molecule has 1 aromatic carbocycles. The lowest BCUT2D eigenvalue weighted by molar-refractivity contribution is 0.480. The van der Waals surface area contributed by atoms with E-state index >= 15 is 0 Å². The minimum atomic E-state index is -0.229. The summed E-state index contributed by atoms with van der Waals surface area (Å²) in [4.78, 5) is 0. The standard InChI is InChI=1S/C14H17FN2S/c15-9-5-7-10(8-6-9)16-14(18)17-13-11-3-1-2-4-12(11)13/h5-8,11-13H,1-4H2,(H2,16,17,18)/t11-,12+,13?. The molecular weight excluding hydrogens is 247 g/mol. The molecule has 0 aromatic heterocycles. The van der Waals surface area contributed by atoms with E-state index in [1.807, 2.05) is 0 Å². The summed E-state index contributed by atoms with van der Waals surface area (Å²) in [5.74, 6) is 1.42. The van der Waals surface area contributed by atoms with Gasteiger partial charge in [0, 0.05) is 11.7 Å². The van der Waals surface area contributed by atoms with Crippen LogP contribution in [0.2, 0.25) is 0 Å². The third-order valence-electron chi connectivity index (χ3n) is 4.06. The third-order valence-corrected chi connectivity index (χ3v) is 4.28. The maximum atomic E-state index is 12.8. The van der Waals surface area contributed by atoms with Gasteiger partial charge in [0.1, 0.15) is 5.82 Å². The molecule has 3 atom stereocenters. The van der Waals surface area contributed by atoms with Crippen LogP contribution in [0.15, 0.2) is 24.3 Å². The van der Waals surface area contributed by atoms with Gasteiger partial charge in [0.05, 0.1) is 0 Å².